The number of carbonyl (C=O) groups excluding carboxylic acids is 1. The van der Waals surface area contributed by atoms with E-state index in [1.807, 2.05) is 0 Å². The summed E-state index contributed by atoms with van der Waals surface area (Å²) in [5.41, 5.74) is 0. The third kappa shape index (κ3) is 2.54. The predicted octanol–water partition coefficient (Wildman–Crippen LogP) is 0.587. The number of nitrogens with one attached hydrogen (secondary N) is 2. The molecule has 3 heterocycles. The molecule has 0 saturated carbocycles. The van der Waals surface area contributed by atoms with Gasteiger partial charge in [-0.2, -0.15) is 0 Å². The number of likely N-dealkylation sites (tertiary alicyclic amines) is 1. The molecule has 3 fully saturated rings. The Balaban J connectivity index is 1.50. The quantitative estimate of drug-likeness (QED) is 0.771. The van der Waals surface area contributed by atoms with Crippen LogP contribution in [0, 0.1) is 11.8 Å². The number of rotatable bonds is 3. The van der Waals surface area contributed by atoms with E-state index in [2.05, 4.69) is 15.5 Å². The van der Waals surface area contributed by atoms with E-state index in [0.717, 1.165) is 18.9 Å². The molecule has 3 atom stereocenters. The molecule has 0 spiro atoms. The first kappa shape index (κ1) is 12.4. The zero-order valence-electron chi connectivity index (χ0n) is 11.2. The minimum Gasteiger partial charge on any atom is -0.354 e. The summed E-state index contributed by atoms with van der Waals surface area (Å²) in [4.78, 5) is 14.3. The van der Waals surface area contributed by atoms with Gasteiger partial charge in [-0.3, -0.25) is 9.69 Å². The lowest BCUT2D eigenvalue weighted by molar-refractivity contribution is -0.124. The Morgan fingerprint density at radius 1 is 1.22 bits per heavy atom. The summed E-state index contributed by atoms with van der Waals surface area (Å²) in [7, 11) is 0. The number of piperidine rings is 2. The van der Waals surface area contributed by atoms with Gasteiger partial charge in [-0.05, 0) is 64.2 Å². The molecule has 4 heteroatoms. The fourth-order valence-electron chi connectivity index (χ4n) is 3.84. The molecule has 0 aliphatic carbocycles. The van der Waals surface area contributed by atoms with Crippen LogP contribution in [0.2, 0.25) is 0 Å². The third-order valence-corrected chi connectivity index (χ3v) is 4.94. The summed E-state index contributed by atoms with van der Waals surface area (Å²) in [6.07, 6.45) is 6.29. The van der Waals surface area contributed by atoms with Gasteiger partial charge < -0.3 is 10.6 Å². The van der Waals surface area contributed by atoms with Crippen molar-refractivity contribution >= 4 is 5.91 Å². The largest absolute Gasteiger partial charge is 0.354 e. The Labute approximate surface area is 109 Å². The summed E-state index contributed by atoms with van der Waals surface area (Å²) in [5.74, 6) is 1.43. The maximum Gasteiger partial charge on any atom is 0.224 e. The summed E-state index contributed by atoms with van der Waals surface area (Å²) in [6.45, 7) is 5.65. The molecule has 0 aromatic heterocycles. The van der Waals surface area contributed by atoms with Gasteiger partial charge in [0, 0.05) is 12.6 Å². The third-order valence-electron chi connectivity index (χ3n) is 4.94. The smallest absolute Gasteiger partial charge is 0.224 e. The van der Waals surface area contributed by atoms with Gasteiger partial charge in [0.2, 0.25) is 5.91 Å². The summed E-state index contributed by atoms with van der Waals surface area (Å²) >= 11 is 0. The van der Waals surface area contributed by atoms with E-state index in [0.29, 0.717) is 11.9 Å². The Hall–Kier alpha value is -0.610. The van der Waals surface area contributed by atoms with Crippen molar-refractivity contribution in [3.63, 3.8) is 0 Å². The molecule has 3 unspecified atom stereocenters. The van der Waals surface area contributed by atoms with Crippen LogP contribution in [-0.2, 0) is 4.79 Å². The number of hydrogen-bond donors (Lipinski definition) is 2. The fraction of sp³-hybridized carbons (Fsp3) is 0.929. The maximum absolute atomic E-state index is 11.7. The van der Waals surface area contributed by atoms with Gasteiger partial charge in [-0.1, -0.05) is 0 Å². The second-order valence-corrected chi connectivity index (χ2v) is 6.10. The van der Waals surface area contributed by atoms with Crippen molar-refractivity contribution in [2.75, 3.05) is 32.7 Å². The van der Waals surface area contributed by atoms with E-state index in [1.54, 1.807) is 0 Å². The molecule has 0 aromatic carbocycles. The predicted molar refractivity (Wildman–Crippen MR) is 71.3 cm³/mol. The molecular weight excluding hydrogens is 226 g/mol. The fourth-order valence-corrected chi connectivity index (χ4v) is 3.84. The molecule has 0 aromatic rings. The van der Waals surface area contributed by atoms with E-state index in [1.165, 1.54) is 51.9 Å². The monoisotopic (exact) mass is 251 g/mol. The lowest BCUT2D eigenvalue weighted by Gasteiger charge is -2.37. The summed E-state index contributed by atoms with van der Waals surface area (Å²) in [6, 6.07) is 0.489. The minimum absolute atomic E-state index is 0.281. The first-order chi connectivity index (χ1) is 8.84. The topological polar surface area (TPSA) is 44.4 Å². The molecule has 1 amide bonds. The lowest BCUT2D eigenvalue weighted by Crippen LogP contribution is -2.46. The zero-order chi connectivity index (χ0) is 12.4. The van der Waals surface area contributed by atoms with E-state index in [-0.39, 0.29) is 5.92 Å². The highest BCUT2D eigenvalue weighted by Crippen LogP contribution is 2.28. The van der Waals surface area contributed by atoms with E-state index in [4.69, 9.17) is 0 Å². The van der Waals surface area contributed by atoms with Crippen molar-refractivity contribution < 1.29 is 4.79 Å². The molecule has 2 N–H and O–H groups in total. The Bertz CT molecular complexity index is 301. The van der Waals surface area contributed by atoms with Crippen molar-refractivity contribution in [1.82, 2.24) is 15.5 Å². The molecule has 102 valence electrons. The van der Waals surface area contributed by atoms with Crippen molar-refractivity contribution in [2.45, 2.75) is 38.1 Å². The van der Waals surface area contributed by atoms with Crippen LogP contribution in [0.1, 0.15) is 32.1 Å². The van der Waals surface area contributed by atoms with Gasteiger partial charge >= 0.3 is 0 Å². The molecule has 18 heavy (non-hydrogen) atoms. The van der Waals surface area contributed by atoms with Gasteiger partial charge in [-0.25, -0.2) is 0 Å². The number of fused-ring (bicyclic) bond motifs is 1. The zero-order valence-corrected chi connectivity index (χ0v) is 11.2. The molecular formula is C14H25N3O. The standard InChI is InChI=1S/C14H25N3O/c18-14-12-4-2-7-17(13(12)10-16-14)8-5-11-3-1-6-15-9-11/h11-13,15H,1-10H2,(H,16,18). The molecule has 3 saturated heterocycles. The van der Waals surface area contributed by atoms with Crippen molar-refractivity contribution in [2.24, 2.45) is 11.8 Å². The van der Waals surface area contributed by atoms with Crippen LogP contribution in [0.3, 0.4) is 0 Å². The normalized spacial score (nSPS) is 37.3. The van der Waals surface area contributed by atoms with Crippen LogP contribution < -0.4 is 10.6 Å². The molecule has 3 aliphatic heterocycles. The second-order valence-electron chi connectivity index (χ2n) is 6.10. The Morgan fingerprint density at radius 2 is 2.17 bits per heavy atom. The molecule has 3 aliphatic rings. The average molecular weight is 251 g/mol. The van der Waals surface area contributed by atoms with Crippen molar-refractivity contribution in [1.29, 1.82) is 0 Å². The van der Waals surface area contributed by atoms with E-state index < -0.39 is 0 Å². The van der Waals surface area contributed by atoms with Gasteiger partial charge in [0.1, 0.15) is 0 Å². The highest BCUT2D eigenvalue weighted by molar-refractivity contribution is 5.82. The minimum atomic E-state index is 0.281. The summed E-state index contributed by atoms with van der Waals surface area (Å²) < 4.78 is 0. The number of amides is 1. The molecule has 3 rings (SSSR count). The molecule has 0 radical (unpaired) electrons. The first-order valence-corrected chi connectivity index (χ1v) is 7.57. The van der Waals surface area contributed by atoms with E-state index >= 15 is 0 Å². The highest BCUT2D eigenvalue weighted by atomic mass is 16.2. The average Bonchev–Trinajstić information content (AvgIpc) is 2.80. The highest BCUT2D eigenvalue weighted by Gasteiger charge is 2.40. The van der Waals surface area contributed by atoms with Crippen LogP contribution in [0.15, 0.2) is 0 Å². The van der Waals surface area contributed by atoms with Crippen LogP contribution in [0.5, 0.6) is 0 Å². The van der Waals surface area contributed by atoms with Crippen LogP contribution in [0.4, 0.5) is 0 Å². The van der Waals surface area contributed by atoms with Crippen LogP contribution in [-0.4, -0.2) is 49.6 Å². The van der Waals surface area contributed by atoms with Gasteiger partial charge in [0.15, 0.2) is 0 Å². The number of nitrogens with zero attached hydrogens (tertiary/aromatic N) is 1. The van der Waals surface area contributed by atoms with Crippen molar-refractivity contribution in [3.05, 3.63) is 0 Å². The van der Waals surface area contributed by atoms with Gasteiger partial charge in [0.25, 0.3) is 0 Å². The molecule has 4 nitrogen and oxygen atoms in total. The Kier molecular flexibility index (Phi) is 3.85. The number of hydrogen-bond acceptors (Lipinski definition) is 3. The van der Waals surface area contributed by atoms with Crippen molar-refractivity contribution in [3.8, 4) is 0 Å². The first-order valence-electron chi connectivity index (χ1n) is 7.57. The number of carbonyl (C=O) groups is 1. The van der Waals surface area contributed by atoms with E-state index in [9.17, 15) is 4.79 Å². The SMILES string of the molecule is O=C1NCC2C1CCCN2CCC1CCCNC1. The van der Waals surface area contributed by atoms with Crippen LogP contribution in [0.25, 0.3) is 0 Å². The lowest BCUT2D eigenvalue weighted by atomic mass is 9.90. The summed E-state index contributed by atoms with van der Waals surface area (Å²) in [5, 5.41) is 6.53. The second kappa shape index (κ2) is 5.57. The van der Waals surface area contributed by atoms with Gasteiger partial charge in [0.05, 0.1) is 5.92 Å². The maximum atomic E-state index is 11.7. The Morgan fingerprint density at radius 3 is 3.00 bits per heavy atom. The van der Waals surface area contributed by atoms with Crippen LogP contribution >= 0.6 is 0 Å². The van der Waals surface area contributed by atoms with Gasteiger partial charge in [-0.15, -0.1) is 0 Å². The molecule has 0 bridgehead atoms.